The predicted octanol–water partition coefficient (Wildman–Crippen LogP) is 4.17. The van der Waals surface area contributed by atoms with Crippen LogP contribution in [-0.2, 0) is 0 Å². The summed E-state index contributed by atoms with van der Waals surface area (Å²) >= 11 is 10.5. The third-order valence-corrected chi connectivity index (χ3v) is 5.51. The van der Waals surface area contributed by atoms with E-state index in [0.29, 0.717) is 10.2 Å². The number of hydrogen-bond acceptors (Lipinski definition) is 7. The molecule has 0 aliphatic heterocycles. The maximum atomic E-state index is 5.97. The second-order valence-electron chi connectivity index (χ2n) is 4.25. The lowest BCUT2D eigenvalue weighted by molar-refractivity contribution is 0.643. The quantitative estimate of drug-likeness (QED) is 0.519. The molecule has 0 aliphatic carbocycles. The van der Waals surface area contributed by atoms with Gasteiger partial charge in [-0.2, -0.15) is 0 Å². The first-order valence-electron chi connectivity index (χ1n) is 5.88. The molecule has 5 nitrogen and oxygen atoms in total. The molecule has 0 N–H and O–H groups in total. The van der Waals surface area contributed by atoms with E-state index in [-0.39, 0.29) is 0 Å². The summed E-state index contributed by atoms with van der Waals surface area (Å²) in [6.45, 7) is 0. The highest BCUT2D eigenvalue weighted by molar-refractivity contribution is 8.02. The Morgan fingerprint density at radius 1 is 1.24 bits per heavy atom. The van der Waals surface area contributed by atoms with Crippen LogP contribution < -0.4 is 0 Å². The fourth-order valence-corrected chi connectivity index (χ4v) is 4.55. The molecule has 2 aromatic heterocycles. The molecule has 0 bridgehead atoms. The zero-order valence-corrected chi connectivity index (χ0v) is 14.4. The third-order valence-electron chi connectivity index (χ3n) is 2.30. The first-order valence-corrected chi connectivity index (χ1v) is 8.71. The van der Waals surface area contributed by atoms with E-state index in [0.717, 1.165) is 18.9 Å². The Labute approximate surface area is 138 Å². The Balaban J connectivity index is 1.78. The lowest BCUT2D eigenvalue weighted by atomic mass is 10.3. The van der Waals surface area contributed by atoms with Crippen LogP contribution in [-0.4, -0.2) is 40.5 Å². The zero-order chi connectivity index (χ0) is 14.8. The standard InChI is InChI=1S/C12H10ClN5S3/c1-18(2)6-14-10-16-17-12(20-10)21-11-15-8-5-7(13)3-4-9(8)19-11/h3-6H,1-2H3. The topological polar surface area (TPSA) is 54.3 Å². The van der Waals surface area contributed by atoms with Crippen molar-refractivity contribution >= 4 is 67.7 Å². The molecule has 0 atom stereocenters. The average Bonchev–Trinajstić information content (AvgIpc) is 3.02. The fourth-order valence-electron chi connectivity index (χ4n) is 1.46. The summed E-state index contributed by atoms with van der Waals surface area (Å²) in [4.78, 5) is 10.6. The highest BCUT2D eigenvalue weighted by atomic mass is 35.5. The van der Waals surface area contributed by atoms with Crippen molar-refractivity contribution in [3.05, 3.63) is 23.2 Å². The van der Waals surface area contributed by atoms with Crippen molar-refractivity contribution in [2.45, 2.75) is 8.68 Å². The summed E-state index contributed by atoms with van der Waals surface area (Å²) in [6.07, 6.45) is 1.70. The second kappa shape index (κ2) is 6.27. The van der Waals surface area contributed by atoms with Crippen LogP contribution in [0.4, 0.5) is 5.13 Å². The summed E-state index contributed by atoms with van der Waals surface area (Å²) in [5, 5.41) is 9.48. The molecule has 0 radical (unpaired) electrons. The monoisotopic (exact) mass is 355 g/mol. The van der Waals surface area contributed by atoms with Crippen LogP contribution >= 0.6 is 46.0 Å². The minimum absolute atomic E-state index is 0.635. The van der Waals surface area contributed by atoms with Crippen LogP contribution in [0.15, 0.2) is 31.9 Å². The van der Waals surface area contributed by atoms with Gasteiger partial charge in [0.1, 0.15) is 0 Å². The molecule has 0 spiro atoms. The summed E-state index contributed by atoms with van der Waals surface area (Å²) < 4.78 is 2.86. The summed E-state index contributed by atoms with van der Waals surface area (Å²) in [5.41, 5.74) is 0.908. The average molecular weight is 356 g/mol. The maximum absolute atomic E-state index is 5.97. The molecule has 0 saturated heterocycles. The number of hydrogen-bond donors (Lipinski definition) is 0. The van der Waals surface area contributed by atoms with Crippen LogP contribution in [0.2, 0.25) is 5.02 Å². The summed E-state index contributed by atoms with van der Waals surface area (Å²) in [6, 6.07) is 5.71. The summed E-state index contributed by atoms with van der Waals surface area (Å²) in [5.74, 6) is 0. The fraction of sp³-hybridized carbons (Fsp3) is 0.167. The van der Waals surface area contributed by atoms with Crippen molar-refractivity contribution in [3.8, 4) is 0 Å². The Morgan fingerprint density at radius 2 is 2.10 bits per heavy atom. The van der Waals surface area contributed by atoms with Gasteiger partial charge in [-0.05, 0) is 30.0 Å². The van der Waals surface area contributed by atoms with Gasteiger partial charge in [-0.1, -0.05) is 22.9 Å². The maximum Gasteiger partial charge on any atom is 0.233 e. The van der Waals surface area contributed by atoms with Crippen molar-refractivity contribution in [2.75, 3.05) is 14.1 Å². The van der Waals surface area contributed by atoms with E-state index in [9.17, 15) is 0 Å². The SMILES string of the molecule is CN(C)C=Nc1nnc(Sc2nc3cc(Cl)ccc3s2)s1. The first-order chi connectivity index (χ1) is 10.1. The molecule has 21 heavy (non-hydrogen) atoms. The molecule has 0 fully saturated rings. The van der Waals surface area contributed by atoms with Gasteiger partial charge in [0.25, 0.3) is 0 Å². The van der Waals surface area contributed by atoms with Gasteiger partial charge in [-0.15, -0.1) is 21.5 Å². The number of nitrogens with zero attached hydrogens (tertiary/aromatic N) is 5. The van der Waals surface area contributed by atoms with E-state index >= 15 is 0 Å². The number of fused-ring (bicyclic) bond motifs is 1. The number of benzene rings is 1. The van der Waals surface area contributed by atoms with Gasteiger partial charge in [-0.3, -0.25) is 0 Å². The van der Waals surface area contributed by atoms with Crippen LogP contribution in [0.3, 0.4) is 0 Å². The lowest BCUT2D eigenvalue weighted by Gasteiger charge is -1.99. The van der Waals surface area contributed by atoms with Crippen molar-refractivity contribution in [1.82, 2.24) is 20.1 Å². The molecule has 0 saturated carbocycles. The Morgan fingerprint density at radius 3 is 2.90 bits per heavy atom. The molecule has 9 heteroatoms. The molecule has 1 aromatic carbocycles. The Bertz CT molecular complexity index is 795. The Kier molecular flexibility index (Phi) is 4.39. The van der Waals surface area contributed by atoms with Gasteiger partial charge in [0.2, 0.25) is 5.13 Å². The van der Waals surface area contributed by atoms with Crippen LogP contribution in [0.5, 0.6) is 0 Å². The van der Waals surface area contributed by atoms with Crippen molar-refractivity contribution in [2.24, 2.45) is 4.99 Å². The van der Waals surface area contributed by atoms with E-state index in [1.54, 1.807) is 17.7 Å². The van der Waals surface area contributed by atoms with E-state index < -0.39 is 0 Å². The summed E-state index contributed by atoms with van der Waals surface area (Å²) in [7, 11) is 3.82. The molecule has 3 aromatic rings. The van der Waals surface area contributed by atoms with E-state index in [2.05, 4.69) is 20.2 Å². The lowest BCUT2D eigenvalue weighted by Crippen LogP contribution is -2.06. The van der Waals surface area contributed by atoms with Crippen molar-refractivity contribution in [1.29, 1.82) is 0 Å². The molecular weight excluding hydrogens is 346 g/mol. The highest BCUT2D eigenvalue weighted by Crippen LogP contribution is 2.37. The highest BCUT2D eigenvalue weighted by Gasteiger charge is 2.10. The zero-order valence-electron chi connectivity index (χ0n) is 11.1. The molecule has 0 aliphatic rings. The van der Waals surface area contributed by atoms with Gasteiger partial charge in [-0.25, -0.2) is 9.98 Å². The van der Waals surface area contributed by atoms with E-state index in [4.69, 9.17) is 11.6 Å². The van der Waals surface area contributed by atoms with Gasteiger partial charge in [0.05, 0.1) is 16.6 Å². The molecule has 0 amide bonds. The van der Waals surface area contributed by atoms with Crippen LogP contribution in [0, 0.1) is 0 Å². The molecule has 0 unspecified atom stereocenters. The van der Waals surface area contributed by atoms with Gasteiger partial charge in [0.15, 0.2) is 8.68 Å². The van der Waals surface area contributed by atoms with Crippen molar-refractivity contribution in [3.63, 3.8) is 0 Å². The van der Waals surface area contributed by atoms with Gasteiger partial charge >= 0.3 is 0 Å². The predicted molar refractivity (Wildman–Crippen MR) is 90.5 cm³/mol. The molecule has 2 heterocycles. The number of aliphatic imine (C=N–C) groups is 1. The second-order valence-corrected chi connectivity index (χ2v) is 8.17. The smallest absolute Gasteiger partial charge is 0.233 e. The molecule has 108 valence electrons. The number of halogens is 1. The normalized spacial score (nSPS) is 11.6. The minimum atomic E-state index is 0.635. The number of rotatable bonds is 4. The van der Waals surface area contributed by atoms with E-state index in [1.807, 2.05) is 37.2 Å². The van der Waals surface area contributed by atoms with E-state index in [1.165, 1.54) is 23.1 Å². The number of aromatic nitrogens is 3. The molecule has 3 rings (SSSR count). The van der Waals surface area contributed by atoms with Gasteiger partial charge < -0.3 is 4.90 Å². The molecular formula is C12H10ClN5S3. The minimum Gasteiger partial charge on any atom is -0.369 e. The van der Waals surface area contributed by atoms with Gasteiger partial charge in [0, 0.05) is 19.1 Å². The largest absolute Gasteiger partial charge is 0.369 e. The first kappa shape index (κ1) is 14.7. The van der Waals surface area contributed by atoms with Crippen molar-refractivity contribution < 1.29 is 0 Å². The van der Waals surface area contributed by atoms with Crippen LogP contribution in [0.1, 0.15) is 0 Å². The van der Waals surface area contributed by atoms with Crippen LogP contribution in [0.25, 0.3) is 10.2 Å². The Hall–Kier alpha value is -1.22. The third kappa shape index (κ3) is 3.70. The number of thiazole rings is 1.